The van der Waals surface area contributed by atoms with Crippen molar-refractivity contribution in [3.8, 4) is 0 Å². The highest BCUT2D eigenvalue weighted by molar-refractivity contribution is 6.30. The molecule has 0 saturated heterocycles. The normalized spacial score (nSPS) is 14.9. The molecule has 1 aliphatic rings. The third-order valence-electron chi connectivity index (χ3n) is 6.12. The molecule has 0 unspecified atom stereocenters. The Hall–Kier alpha value is -3.71. The first-order valence-electron chi connectivity index (χ1n) is 10.5. The highest BCUT2D eigenvalue weighted by Gasteiger charge is 2.34. The molecule has 1 atom stereocenters. The number of amides is 2. The van der Waals surface area contributed by atoms with Gasteiger partial charge in [0, 0.05) is 35.7 Å². The van der Waals surface area contributed by atoms with Crippen LogP contribution in [0.1, 0.15) is 49.9 Å². The van der Waals surface area contributed by atoms with Gasteiger partial charge in [-0.05, 0) is 59.9 Å². The maximum atomic E-state index is 14.6. The van der Waals surface area contributed by atoms with Crippen molar-refractivity contribution < 1.29 is 14.0 Å². The Balaban J connectivity index is 1.60. The Morgan fingerprint density at radius 2 is 2.03 bits per heavy atom. The predicted molar refractivity (Wildman–Crippen MR) is 122 cm³/mol. The maximum absolute atomic E-state index is 14.6. The Labute approximate surface area is 194 Å². The van der Waals surface area contributed by atoms with Gasteiger partial charge in [-0.15, -0.1) is 0 Å². The van der Waals surface area contributed by atoms with Gasteiger partial charge in [0.25, 0.3) is 5.91 Å². The zero-order valence-corrected chi connectivity index (χ0v) is 18.3. The standard InChI is InChI=1S/C25H20ClFN4O2/c26-17-11-20-19(21(27)12-17)6-7-22(20)31(14-15-3-1-2-4-18(15)24(28)32)25(33)16-5-8-23-29-9-10-30(23)13-16/h1-5,8-13,22H,6-7,14H2,(H2,28,32)/t22-/m1/s1. The van der Waals surface area contributed by atoms with Gasteiger partial charge in [-0.3, -0.25) is 9.59 Å². The number of imidazole rings is 1. The van der Waals surface area contributed by atoms with E-state index in [2.05, 4.69) is 4.98 Å². The monoisotopic (exact) mass is 462 g/mol. The number of pyridine rings is 1. The zero-order chi connectivity index (χ0) is 23.1. The zero-order valence-electron chi connectivity index (χ0n) is 17.5. The van der Waals surface area contributed by atoms with E-state index in [9.17, 15) is 14.0 Å². The van der Waals surface area contributed by atoms with Crippen LogP contribution in [0.5, 0.6) is 0 Å². The van der Waals surface area contributed by atoms with Gasteiger partial charge >= 0.3 is 0 Å². The van der Waals surface area contributed by atoms with Crippen molar-refractivity contribution in [1.29, 1.82) is 0 Å². The molecule has 5 rings (SSSR count). The van der Waals surface area contributed by atoms with Crippen molar-refractivity contribution in [3.05, 3.63) is 106 Å². The minimum Gasteiger partial charge on any atom is -0.366 e. The summed E-state index contributed by atoms with van der Waals surface area (Å²) >= 11 is 6.16. The van der Waals surface area contributed by atoms with Gasteiger partial charge in [0.15, 0.2) is 0 Å². The van der Waals surface area contributed by atoms with Gasteiger partial charge in [-0.1, -0.05) is 29.8 Å². The number of aromatic nitrogens is 2. The second-order valence-corrected chi connectivity index (χ2v) is 8.51. The molecule has 0 fully saturated rings. The molecule has 33 heavy (non-hydrogen) atoms. The number of rotatable bonds is 5. The molecule has 4 aromatic rings. The van der Waals surface area contributed by atoms with Crippen LogP contribution in [0, 0.1) is 5.82 Å². The quantitative estimate of drug-likeness (QED) is 0.472. The molecule has 0 bridgehead atoms. The van der Waals surface area contributed by atoms with Crippen molar-refractivity contribution >= 4 is 29.1 Å². The third-order valence-corrected chi connectivity index (χ3v) is 6.34. The van der Waals surface area contributed by atoms with Crippen molar-refractivity contribution in [2.24, 2.45) is 5.73 Å². The molecule has 2 amide bonds. The topological polar surface area (TPSA) is 80.7 Å². The van der Waals surface area contributed by atoms with Gasteiger partial charge < -0.3 is 15.0 Å². The van der Waals surface area contributed by atoms with Crippen LogP contribution in [0.4, 0.5) is 4.39 Å². The maximum Gasteiger partial charge on any atom is 0.256 e. The number of hydrogen-bond acceptors (Lipinski definition) is 3. The van der Waals surface area contributed by atoms with E-state index in [1.807, 2.05) is 0 Å². The number of benzene rings is 2. The molecule has 0 spiro atoms. The van der Waals surface area contributed by atoms with Crippen LogP contribution >= 0.6 is 11.6 Å². The van der Waals surface area contributed by atoms with E-state index in [0.29, 0.717) is 40.7 Å². The molecule has 2 N–H and O–H groups in total. The molecule has 0 aliphatic heterocycles. The minimum absolute atomic E-state index is 0.137. The first-order chi connectivity index (χ1) is 15.9. The van der Waals surface area contributed by atoms with Gasteiger partial charge in [0.2, 0.25) is 5.91 Å². The molecule has 0 radical (unpaired) electrons. The smallest absolute Gasteiger partial charge is 0.256 e. The van der Waals surface area contributed by atoms with Crippen LogP contribution < -0.4 is 5.73 Å². The molecule has 8 heteroatoms. The summed E-state index contributed by atoms with van der Waals surface area (Å²) in [5.74, 6) is -1.19. The van der Waals surface area contributed by atoms with E-state index in [0.717, 1.165) is 5.65 Å². The summed E-state index contributed by atoms with van der Waals surface area (Å²) in [4.78, 5) is 31.7. The molecule has 2 aromatic heterocycles. The summed E-state index contributed by atoms with van der Waals surface area (Å²) < 4.78 is 16.4. The second kappa shape index (κ2) is 8.33. The van der Waals surface area contributed by atoms with E-state index in [1.54, 1.807) is 70.4 Å². The molecular weight excluding hydrogens is 443 g/mol. The molecule has 6 nitrogen and oxygen atoms in total. The van der Waals surface area contributed by atoms with E-state index >= 15 is 0 Å². The average Bonchev–Trinajstić information content (AvgIpc) is 3.43. The summed E-state index contributed by atoms with van der Waals surface area (Å²) in [7, 11) is 0. The Morgan fingerprint density at radius 1 is 1.21 bits per heavy atom. The Morgan fingerprint density at radius 3 is 2.85 bits per heavy atom. The fourth-order valence-corrected chi connectivity index (χ4v) is 4.78. The Kier molecular flexibility index (Phi) is 5.34. The van der Waals surface area contributed by atoms with Crippen LogP contribution in [-0.2, 0) is 13.0 Å². The Bertz CT molecular complexity index is 1400. The molecule has 166 valence electrons. The second-order valence-electron chi connectivity index (χ2n) is 8.07. The SMILES string of the molecule is NC(=O)c1ccccc1CN(C(=O)c1ccc2nccn2c1)[C@@H]1CCc2c(F)cc(Cl)cc21. The van der Waals surface area contributed by atoms with E-state index < -0.39 is 11.9 Å². The summed E-state index contributed by atoms with van der Waals surface area (Å²) in [6.45, 7) is 0.137. The van der Waals surface area contributed by atoms with Crippen LogP contribution in [0.25, 0.3) is 5.65 Å². The number of carbonyl (C=O) groups excluding carboxylic acids is 2. The predicted octanol–water partition coefficient (Wildman–Crippen LogP) is 4.56. The number of primary amides is 1. The number of carbonyl (C=O) groups is 2. The number of nitrogens with two attached hydrogens (primary N) is 1. The number of halogens is 2. The van der Waals surface area contributed by atoms with Crippen molar-refractivity contribution in [2.45, 2.75) is 25.4 Å². The van der Waals surface area contributed by atoms with Gasteiger partial charge in [-0.2, -0.15) is 0 Å². The largest absolute Gasteiger partial charge is 0.366 e. The fourth-order valence-electron chi connectivity index (χ4n) is 4.56. The van der Waals surface area contributed by atoms with Crippen molar-refractivity contribution in [2.75, 3.05) is 0 Å². The molecule has 0 saturated carbocycles. The average molecular weight is 463 g/mol. The van der Waals surface area contributed by atoms with Crippen molar-refractivity contribution in [3.63, 3.8) is 0 Å². The first kappa shape index (κ1) is 21.2. The number of hydrogen-bond donors (Lipinski definition) is 1. The molecule has 1 aliphatic carbocycles. The van der Waals surface area contributed by atoms with E-state index in [4.69, 9.17) is 17.3 Å². The van der Waals surface area contributed by atoms with Gasteiger partial charge in [0.05, 0.1) is 11.6 Å². The van der Waals surface area contributed by atoms with E-state index in [1.165, 1.54) is 6.07 Å². The van der Waals surface area contributed by atoms with Crippen LogP contribution in [0.3, 0.4) is 0 Å². The van der Waals surface area contributed by atoms with Crippen LogP contribution in [0.2, 0.25) is 5.02 Å². The first-order valence-corrected chi connectivity index (χ1v) is 10.9. The minimum atomic E-state index is -0.571. The number of fused-ring (bicyclic) bond motifs is 2. The summed E-state index contributed by atoms with van der Waals surface area (Å²) in [6, 6.07) is 13.0. The van der Waals surface area contributed by atoms with Crippen molar-refractivity contribution in [1.82, 2.24) is 14.3 Å². The van der Waals surface area contributed by atoms with E-state index in [-0.39, 0.29) is 23.3 Å². The highest BCUT2D eigenvalue weighted by atomic mass is 35.5. The number of nitrogens with zero attached hydrogens (tertiary/aromatic N) is 3. The highest BCUT2D eigenvalue weighted by Crippen LogP contribution is 2.40. The lowest BCUT2D eigenvalue weighted by atomic mass is 10.0. The molecular formula is C25H20ClFN4O2. The lowest BCUT2D eigenvalue weighted by Crippen LogP contribution is -2.34. The third kappa shape index (κ3) is 3.85. The summed E-state index contributed by atoms with van der Waals surface area (Å²) in [5.41, 5.74) is 8.97. The summed E-state index contributed by atoms with van der Waals surface area (Å²) in [5, 5.41) is 0.280. The lowest BCUT2D eigenvalue weighted by Gasteiger charge is -2.31. The fraction of sp³-hybridized carbons (Fsp3) is 0.160. The van der Waals surface area contributed by atoms with Crippen LogP contribution in [-0.4, -0.2) is 26.1 Å². The molecule has 2 heterocycles. The van der Waals surface area contributed by atoms with Gasteiger partial charge in [0.1, 0.15) is 11.5 Å². The van der Waals surface area contributed by atoms with Crippen LogP contribution in [0.15, 0.2) is 67.1 Å². The van der Waals surface area contributed by atoms with Gasteiger partial charge in [-0.25, -0.2) is 9.37 Å². The molecule has 2 aromatic carbocycles. The lowest BCUT2D eigenvalue weighted by molar-refractivity contribution is 0.0655. The summed E-state index contributed by atoms with van der Waals surface area (Å²) in [6.07, 6.45) is 6.17.